The predicted molar refractivity (Wildman–Crippen MR) is 85.5 cm³/mol. The minimum absolute atomic E-state index is 0.0734. The quantitative estimate of drug-likeness (QED) is 0.798. The van der Waals surface area contributed by atoms with Crippen LogP contribution in [0.2, 0.25) is 0 Å². The van der Waals surface area contributed by atoms with Gasteiger partial charge in [0.15, 0.2) is 11.4 Å². The minimum Gasteiger partial charge on any atom is -0.504 e. The summed E-state index contributed by atoms with van der Waals surface area (Å²) >= 11 is 0. The molecule has 128 valence electrons. The van der Waals surface area contributed by atoms with Crippen LogP contribution in [0.25, 0.3) is 5.69 Å². The number of hydrogen-bond donors (Lipinski definition) is 3. The number of amides is 1. The van der Waals surface area contributed by atoms with Crippen LogP contribution in [0, 0.1) is 11.7 Å². The van der Waals surface area contributed by atoms with Crippen LogP contribution < -0.4 is 5.32 Å². The number of rotatable bonds is 4. The van der Waals surface area contributed by atoms with E-state index in [1.165, 1.54) is 35.1 Å². The fraction of sp³-hybridized carbons (Fsp3) is 0.412. The molecule has 3 N–H and O–H groups in total. The summed E-state index contributed by atoms with van der Waals surface area (Å²) in [5.74, 6) is -0.837. The molecule has 1 heterocycles. The molecule has 24 heavy (non-hydrogen) atoms. The molecule has 1 aromatic carbocycles. The van der Waals surface area contributed by atoms with Crippen LogP contribution in [0.4, 0.5) is 4.39 Å². The Morgan fingerprint density at radius 1 is 1.33 bits per heavy atom. The Bertz CT molecular complexity index is 714. The third-order valence-electron chi connectivity index (χ3n) is 4.31. The molecule has 1 aliphatic rings. The van der Waals surface area contributed by atoms with Gasteiger partial charge in [-0.05, 0) is 49.4 Å². The molecule has 1 amide bonds. The van der Waals surface area contributed by atoms with Crippen molar-refractivity contribution >= 4 is 5.91 Å². The number of nitrogens with zero attached hydrogens (tertiary/aromatic N) is 2. The standard InChI is InChI=1S/C17H20FN3O3/c18-12-4-6-13(7-5-12)21-10-15(23)16(20-21)17(24)19-9-11-2-1-3-14(22)8-11/h4-7,10-11,14,22-23H,1-3,8-9H2,(H,19,24). The lowest BCUT2D eigenvalue weighted by Crippen LogP contribution is -2.33. The molecule has 0 aliphatic heterocycles. The second kappa shape index (κ2) is 7.00. The number of aromatic nitrogens is 2. The molecule has 0 radical (unpaired) electrons. The normalized spacial score (nSPS) is 20.8. The average molecular weight is 333 g/mol. The molecular formula is C17H20FN3O3. The first kappa shape index (κ1) is 16.4. The number of carbonyl (C=O) groups excluding carboxylic acids is 1. The number of nitrogens with one attached hydrogen (secondary N) is 1. The van der Waals surface area contributed by atoms with Crippen LogP contribution in [0.5, 0.6) is 5.75 Å². The van der Waals surface area contributed by atoms with Gasteiger partial charge in [-0.1, -0.05) is 6.42 Å². The summed E-state index contributed by atoms with van der Waals surface area (Å²) in [6.45, 7) is 0.443. The second-order valence-electron chi connectivity index (χ2n) is 6.18. The fourth-order valence-corrected chi connectivity index (χ4v) is 3.02. The van der Waals surface area contributed by atoms with Gasteiger partial charge in [0.25, 0.3) is 5.91 Å². The highest BCUT2D eigenvalue weighted by molar-refractivity contribution is 5.94. The highest BCUT2D eigenvalue weighted by atomic mass is 19.1. The number of aliphatic hydroxyl groups is 1. The summed E-state index contributed by atoms with van der Waals surface area (Å²) in [5, 5.41) is 26.4. The Labute approximate surface area is 138 Å². The van der Waals surface area contributed by atoms with Gasteiger partial charge in [-0.2, -0.15) is 5.10 Å². The van der Waals surface area contributed by atoms with E-state index in [9.17, 15) is 19.4 Å². The molecule has 3 rings (SSSR count). The predicted octanol–water partition coefficient (Wildman–Crippen LogP) is 2.00. The lowest BCUT2D eigenvalue weighted by molar-refractivity contribution is 0.0868. The maximum atomic E-state index is 13.0. The molecule has 6 nitrogen and oxygen atoms in total. The molecule has 7 heteroatoms. The van der Waals surface area contributed by atoms with Crippen molar-refractivity contribution < 1.29 is 19.4 Å². The SMILES string of the molecule is O=C(NCC1CCCC(O)C1)c1nn(-c2ccc(F)cc2)cc1O. The zero-order valence-corrected chi connectivity index (χ0v) is 13.2. The Morgan fingerprint density at radius 2 is 2.08 bits per heavy atom. The highest BCUT2D eigenvalue weighted by Gasteiger charge is 2.22. The Kier molecular flexibility index (Phi) is 4.80. The van der Waals surface area contributed by atoms with Gasteiger partial charge in [-0.3, -0.25) is 4.79 Å². The van der Waals surface area contributed by atoms with Gasteiger partial charge in [0.2, 0.25) is 0 Å². The zero-order valence-electron chi connectivity index (χ0n) is 13.2. The van der Waals surface area contributed by atoms with Crippen LogP contribution in [-0.4, -0.2) is 38.5 Å². The largest absolute Gasteiger partial charge is 0.504 e. The van der Waals surface area contributed by atoms with E-state index in [4.69, 9.17) is 0 Å². The third kappa shape index (κ3) is 3.73. The topological polar surface area (TPSA) is 87.4 Å². The lowest BCUT2D eigenvalue weighted by Gasteiger charge is -2.25. The average Bonchev–Trinajstić information content (AvgIpc) is 2.95. The van der Waals surface area contributed by atoms with Gasteiger partial charge in [-0.15, -0.1) is 0 Å². The fourth-order valence-electron chi connectivity index (χ4n) is 3.02. The van der Waals surface area contributed by atoms with Gasteiger partial charge in [0.1, 0.15) is 5.82 Å². The van der Waals surface area contributed by atoms with Gasteiger partial charge < -0.3 is 15.5 Å². The van der Waals surface area contributed by atoms with Gasteiger partial charge in [0.05, 0.1) is 18.0 Å². The van der Waals surface area contributed by atoms with Crippen molar-refractivity contribution in [1.82, 2.24) is 15.1 Å². The number of benzene rings is 1. The first-order chi connectivity index (χ1) is 11.5. The Hall–Kier alpha value is -2.41. The van der Waals surface area contributed by atoms with Crippen molar-refractivity contribution in [2.45, 2.75) is 31.8 Å². The van der Waals surface area contributed by atoms with E-state index in [-0.39, 0.29) is 29.3 Å². The van der Waals surface area contributed by atoms with E-state index >= 15 is 0 Å². The summed E-state index contributed by atoms with van der Waals surface area (Å²) in [7, 11) is 0. The molecule has 2 atom stereocenters. The van der Waals surface area contributed by atoms with E-state index in [1.807, 2.05) is 0 Å². The van der Waals surface area contributed by atoms with E-state index < -0.39 is 5.91 Å². The number of carbonyl (C=O) groups is 1. The Morgan fingerprint density at radius 3 is 2.79 bits per heavy atom. The van der Waals surface area contributed by atoms with Crippen LogP contribution in [-0.2, 0) is 0 Å². The van der Waals surface area contributed by atoms with Crippen LogP contribution >= 0.6 is 0 Å². The Balaban J connectivity index is 1.65. The molecular weight excluding hydrogens is 313 g/mol. The zero-order chi connectivity index (χ0) is 17.1. The molecule has 0 bridgehead atoms. The molecule has 1 fully saturated rings. The molecule has 0 saturated heterocycles. The number of aliphatic hydroxyl groups excluding tert-OH is 1. The summed E-state index contributed by atoms with van der Waals surface area (Å²) in [6.07, 6.45) is 4.42. The van der Waals surface area contributed by atoms with Crippen molar-refractivity contribution in [2.75, 3.05) is 6.54 Å². The van der Waals surface area contributed by atoms with Gasteiger partial charge in [0, 0.05) is 6.54 Å². The summed E-state index contributed by atoms with van der Waals surface area (Å²) in [6, 6.07) is 5.57. The van der Waals surface area contributed by atoms with Crippen LogP contribution in [0.15, 0.2) is 30.5 Å². The maximum Gasteiger partial charge on any atom is 0.275 e. The number of aromatic hydroxyl groups is 1. The molecule has 0 spiro atoms. The van der Waals surface area contributed by atoms with Crippen molar-refractivity contribution in [3.05, 3.63) is 42.0 Å². The van der Waals surface area contributed by atoms with Crippen molar-refractivity contribution in [3.63, 3.8) is 0 Å². The van der Waals surface area contributed by atoms with E-state index in [0.29, 0.717) is 18.7 Å². The summed E-state index contributed by atoms with van der Waals surface area (Å²) in [4.78, 5) is 12.2. The van der Waals surface area contributed by atoms with Crippen molar-refractivity contribution in [2.24, 2.45) is 5.92 Å². The second-order valence-corrected chi connectivity index (χ2v) is 6.18. The van der Waals surface area contributed by atoms with Crippen molar-refractivity contribution in [3.8, 4) is 11.4 Å². The van der Waals surface area contributed by atoms with Gasteiger partial charge >= 0.3 is 0 Å². The minimum atomic E-state index is -0.464. The van der Waals surface area contributed by atoms with Crippen molar-refractivity contribution in [1.29, 1.82) is 0 Å². The molecule has 2 unspecified atom stereocenters. The van der Waals surface area contributed by atoms with E-state index in [1.54, 1.807) is 0 Å². The first-order valence-corrected chi connectivity index (χ1v) is 8.04. The number of hydrogen-bond acceptors (Lipinski definition) is 4. The first-order valence-electron chi connectivity index (χ1n) is 8.04. The highest BCUT2D eigenvalue weighted by Crippen LogP contribution is 2.24. The maximum absolute atomic E-state index is 13.0. The van der Waals surface area contributed by atoms with Gasteiger partial charge in [-0.25, -0.2) is 9.07 Å². The van der Waals surface area contributed by atoms with Crippen LogP contribution in [0.1, 0.15) is 36.2 Å². The van der Waals surface area contributed by atoms with E-state index in [0.717, 1.165) is 19.3 Å². The summed E-state index contributed by atoms with van der Waals surface area (Å²) in [5.41, 5.74) is 0.469. The molecule has 1 aliphatic carbocycles. The molecule has 1 saturated carbocycles. The van der Waals surface area contributed by atoms with E-state index in [2.05, 4.69) is 10.4 Å². The lowest BCUT2D eigenvalue weighted by atomic mass is 9.87. The number of halogens is 1. The third-order valence-corrected chi connectivity index (χ3v) is 4.31. The monoisotopic (exact) mass is 333 g/mol. The smallest absolute Gasteiger partial charge is 0.275 e. The molecule has 1 aromatic heterocycles. The van der Waals surface area contributed by atoms with Crippen LogP contribution in [0.3, 0.4) is 0 Å². The summed E-state index contributed by atoms with van der Waals surface area (Å²) < 4.78 is 14.3. The molecule has 2 aromatic rings.